The Kier molecular flexibility index (Phi) is 6.86. The molecule has 1 saturated heterocycles. The molecular formula is C24H27N5O2. The number of hydrogen-bond donors (Lipinski definition) is 2. The quantitative estimate of drug-likeness (QED) is 0.334. The van der Waals surface area contributed by atoms with Gasteiger partial charge in [0, 0.05) is 31.3 Å². The zero-order valence-electron chi connectivity index (χ0n) is 17.4. The summed E-state index contributed by atoms with van der Waals surface area (Å²) in [6, 6.07) is 18.9. The van der Waals surface area contributed by atoms with Gasteiger partial charge in [0.2, 0.25) is 0 Å². The van der Waals surface area contributed by atoms with Gasteiger partial charge in [-0.2, -0.15) is 0 Å². The minimum Gasteiger partial charge on any atom is -0.294 e. The highest BCUT2D eigenvalue weighted by molar-refractivity contribution is 5.90. The zero-order valence-corrected chi connectivity index (χ0v) is 17.4. The number of nitrogens with one attached hydrogen (secondary N) is 1. The number of nitrogens with zero attached hydrogens (tertiary/aromatic N) is 4. The van der Waals surface area contributed by atoms with Crippen LogP contribution in [0.3, 0.4) is 0 Å². The summed E-state index contributed by atoms with van der Waals surface area (Å²) < 4.78 is 1.97. The van der Waals surface area contributed by atoms with E-state index in [1.165, 1.54) is 23.6 Å². The smallest absolute Gasteiger partial charge is 0.267 e. The van der Waals surface area contributed by atoms with E-state index in [-0.39, 0.29) is 0 Å². The Morgan fingerprint density at radius 1 is 1.13 bits per heavy atom. The first-order valence-corrected chi connectivity index (χ1v) is 10.6. The number of benzene rings is 2. The van der Waals surface area contributed by atoms with Gasteiger partial charge >= 0.3 is 0 Å². The van der Waals surface area contributed by atoms with E-state index in [0.717, 1.165) is 43.7 Å². The van der Waals surface area contributed by atoms with E-state index in [0.29, 0.717) is 6.04 Å². The van der Waals surface area contributed by atoms with Crippen LogP contribution < -0.4 is 5.48 Å². The van der Waals surface area contributed by atoms with E-state index in [1.54, 1.807) is 11.6 Å². The number of hydrogen-bond acceptors (Lipinski definition) is 5. The second-order valence-electron chi connectivity index (χ2n) is 7.91. The van der Waals surface area contributed by atoms with Gasteiger partial charge in [-0.1, -0.05) is 59.8 Å². The van der Waals surface area contributed by atoms with Gasteiger partial charge in [-0.15, -0.1) is 5.10 Å². The average molecular weight is 418 g/mol. The second-order valence-corrected chi connectivity index (χ2v) is 7.91. The zero-order chi connectivity index (χ0) is 21.5. The highest BCUT2D eigenvalue weighted by Gasteiger charge is 2.25. The average Bonchev–Trinajstić information content (AvgIpc) is 3.43. The molecule has 0 bridgehead atoms. The fourth-order valence-electron chi connectivity index (χ4n) is 4.02. The third kappa shape index (κ3) is 5.87. The van der Waals surface area contributed by atoms with Crippen molar-refractivity contribution in [2.75, 3.05) is 6.54 Å². The maximum absolute atomic E-state index is 11.1. The predicted octanol–water partition coefficient (Wildman–Crippen LogP) is 3.05. The highest BCUT2D eigenvalue weighted by atomic mass is 16.5. The molecule has 0 aliphatic carbocycles. The van der Waals surface area contributed by atoms with Crippen LogP contribution >= 0.6 is 0 Å². The number of amides is 1. The second kappa shape index (κ2) is 10.1. The van der Waals surface area contributed by atoms with Crippen LogP contribution in [0.2, 0.25) is 0 Å². The van der Waals surface area contributed by atoms with Crippen LogP contribution in [0.4, 0.5) is 0 Å². The molecule has 1 aliphatic heterocycles. The molecule has 7 nitrogen and oxygen atoms in total. The van der Waals surface area contributed by atoms with Gasteiger partial charge in [0.15, 0.2) is 0 Å². The summed E-state index contributed by atoms with van der Waals surface area (Å²) in [6.07, 6.45) is 8.18. The first-order chi connectivity index (χ1) is 15.2. The lowest BCUT2D eigenvalue weighted by molar-refractivity contribution is -0.124. The largest absolute Gasteiger partial charge is 0.294 e. The maximum Gasteiger partial charge on any atom is 0.267 e. The molecule has 1 fully saturated rings. The molecule has 0 spiro atoms. The fraction of sp³-hybridized carbons (Fsp3) is 0.292. The van der Waals surface area contributed by atoms with Crippen molar-refractivity contribution in [3.05, 3.63) is 89.3 Å². The van der Waals surface area contributed by atoms with Crippen LogP contribution in [0.25, 0.3) is 6.08 Å². The van der Waals surface area contributed by atoms with Gasteiger partial charge in [0.05, 0.1) is 12.2 Å². The van der Waals surface area contributed by atoms with Crippen LogP contribution in [0.5, 0.6) is 0 Å². The van der Waals surface area contributed by atoms with Crippen molar-refractivity contribution < 1.29 is 10.0 Å². The van der Waals surface area contributed by atoms with Crippen LogP contribution in [0.1, 0.15) is 35.2 Å². The molecule has 1 aliphatic rings. The first-order valence-electron chi connectivity index (χ1n) is 10.6. The monoisotopic (exact) mass is 417 g/mol. The van der Waals surface area contributed by atoms with E-state index >= 15 is 0 Å². The van der Waals surface area contributed by atoms with Crippen molar-refractivity contribution in [2.45, 2.75) is 38.4 Å². The topological polar surface area (TPSA) is 83.3 Å². The summed E-state index contributed by atoms with van der Waals surface area (Å²) in [5.74, 6) is -0.538. The first kappa shape index (κ1) is 21.0. The Bertz CT molecular complexity index is 1010. The van der Waals surface area contributed by atoms with Gasteiger partial charge in [-0.3, -0.25) is 19.6 Å². The van der Waals surface area contributed by atoms with Crippen molar-refractivity contribution in [3.8, 4) is 0 Å². The molecule has 2 heterocycles. The maximum atomic E-state index is 11.1. The summed E-state index contributed by atoms with van der Waals surface area (Å²) in [5, 5.41) is 17.3. The van der Waals surface area contributed by atoms with Crippen molar-refractivity contribution >= 4 is 12.0 Å². The molecule has 1 atom stereocenters. The lowest BCUT2D eigenvalue weighted by Crippen LogP contribution is -2.32. The summed E-state index contributed by atoms with van der Waals surface area (Å²) in [4.78, 5) is 13.6. The van der Waals surface area contributed by atoms with Gasteiger partial charge in [-0.25, -0.2) is 5.48 Å². The molecule has 2 aromatic carbocycles. The van der Waals surface area contributed by atoms with E-state index in [1.807, 2.05) is 35.0 Å². The van der Waals surface area contributed by atoms with Gasteiger partial charge < -0.3 is 0 Å². The van der Waals surface area contributed by atoms with Gasteiger partial charge in [-0.05, 0) is 42.2 Å². The lowest BCUT2D eigenvalue weighted by Gasteiger charge is -2.24. The molecule has 0 saturated carbocycles. The molecule has 7 heteroatoms. The molecule has 4 rings (SSSR count). The standard InChI is InChI=1S/C24H27N5O2/c30-24(26-31)13-12-19-8-10-21(11-9-19)16-28-14-4-7-23(28)18-29-17-22(25-27-29)15-20-5-2-1-3-6-20/h1-3,5-6,8-13,17,23,31H,4,7,14-16,18H2,(H,26,30)/t23-/m1/s1. The van der Waals surface area contributed by atoms with Crippen molar-refractivity contribution in [1.29, 1.82) is 0 Å². The van der Waals surface area contributed by atoms with Gasteiger partial charge in [0.25, 0.3) is 5.91 Å². The molecule has 3 aromatic rings. The number of hydroxylamine groups is 1. The number of rotatable bonds is 8. The SMILES string of the molecule is O=C(C=Cc1ccc(CN2CCC[C@@H]2Cn2cc(Cc3ccccc3)nn2)cc1)NO. The third-order valence-corrected chi connectivity index (χ3v) is 5.61. The molecule has 0 radical (unpaired) electrons. The minimum absolute atomic E-state index is 0.444. The van der Waals surface area contributed by atoms with E-state index in [4.69, 9.17) is 5.21 Å². The third-order valence-electron chi connectivity index (χ3n) is 5.61. The lowest BCUT2D eigenvalue weighted by atomic mass is 10.1. The molecule has 2 N–H and O–H groups in total. The Labute approximate surface area is 182 Å². The molecular weight excluding hydrogens is 390 g/mol. The predicted molar refractivity (Wildman–Crippen MR) is 118 cm³/mol. The fourth-order valence-corrected chi connectivity index (χ4v) is 4.02. The summed E-state index contributed by atoms with van der Waals surface area (Å²) in [7, 11) is 0. The summed E-state index contributed by atoms with van der Waals surface area (Å²) in [6.45, 7) is 2.81. The van der Waals surface area contributed by atoms with Crippen LogP contribution in [-0.4, -0.2) is 43.6 Å². The van der Waals surface area contributed by atoms with E-state index in [9.17, 15) is 4.79 Å². The normalized spacial score (nSPS) is 16.7. The van der Waals surface area contributed by atoms with Crippen molar-refractivity contribution in [1.82, 2.24) is 25.4 Å². The van der Waals surface area contributed by atoms with Crippen LogP contribution in [0.15, 0.2) is 66.9 Å². The Morgan fingerprint density at radius 2 is 1.94 bits per heavy atom. The number of likely N-dealkylation sites (tertiary alicyclic amines) is 1. The Hall–Kier alpha value is -3.29. The molecule has 0 unspecified atom stereocenters. The van der Waals surface area contributed by atoms with Crippen molar-refractivity contribution in [2.24, 2.45) is 0 Å². The highest BCUT2D eigenvalue weighted by Crippen LogP contribution is 2.22. The number of carbonyl (C=O) groups is 1. The Morgan fingerprint density at radius 3 is 2.71 bits per heavy atom. The molecule has 1 aromatic heterocycles. The van der Waals surface area contributed by atoms with Crippen molar-refractivity contribution in [3.63, 3.8) is 0 Å². The van der Waals surface area contributed by atoms with Crippen LogP contribution in [-0.2, 0) is 24.3 Å². The molecule has 31 heavy (non-hydrogen) atoms. The number of carbonyl (C=O) groups excluding carboxylic acids is 1. The van der Waals surface area contributed by atoms with Gasteiger partial charge in [0.1, 0.15) is 0 Å². The molecule has 1 amide bonds. The molecule has 160 valence electrons. The van der Waals surface area contributed by atoms with E-state index < -0.39 is 5.91 Å². The minimum atomic E-state index is -0.538. The van der Waals surface area contributed by atoms with E-state index in [2.05, 4.69) is 45.7 Å². The summed E-state index contributed by atoms with van der Waals surface area (Å²) >= 11 is 0. The van der Waals surface area contributed by atoms with Crippen LogP contribution in [0, 0.1) is 0 Å². The Balaban J connectivity index is 1.33. The summed E-state index contributed by atoms with van der Waals surface area (Å²) in [5.41, 5.74) is 5.98. The number of aromatic nitrogens is 3.